The molecule has 0 aromatic carbocycles. The van der Waals surface area contributed by atoms with Gasteiger partial charge in [0, 0.05) is 12.3 Å². The molecule has 0 aliphatic carbocycles. The molecule has 0 aromatic rings. The Kier molecular flexibility index (Phi) is 10.6. The summed E-state index contributed by atoms with van der Waals surface area (Å²) in [5.74, 6) is 0.122. The molecule has 1 unspecified atom stereocenters. The van der Waals surface area contributed by atoms with E-state index in [2.05, 4.69) is 5.32 Å². The first-order valence-corrected chi connectivity index (χ1v) is 7.58. The van der Waals surface area contributed by atoms with Crippen molar-refractivity contribution >= 4 is 23.5 Å². The topological polar surface area (TPSA) is 55.4 Å². The van der Waals surface area contributed by atoms with Crippen LogP contribution in [0.4, 0.5) is 0 Å². The van der Waals surface area contributed by atoms with E-state index in [1.807, 2.05) is 20.8 Å². The summed E-state index contributed by atoms with van der Waals surface area (Å²) >= 11 is 5.56. The number of hydrogen-bond acceptors (Lipinski definition) is 3. The van der Waals surface area contributed by atoms with Gasteiger partial charge in [-0.25, -0.2) is 4.79 Å². The van der Waals surface area contributed by atoms with E-state index < -0.39 is 6.04 Å². The molecule has 19 heavy (non-hydrogen) atoms. The van der Waals surface area contributed by atoms with Crippen molar-refractivity contribution in [3.63, 3.8) is 0 Å². The summed E-state index contributed by atoms with van der Waals surface area (Å²) in [4.78, 5) is 23.6. The Labute approximate surface area is 121 Å². The quantitative estimate of drug-likeness (QED) is 0.382. The zero-order valence-electron chi connectivity index (χ0n) is 12.2. The van der Waals surface area contributed by atoms with Crippen LogP contribution in [0.3, 0.4) is 0 Å². The second-order valence-electron chi connectivity index (χ2n) is 4.96. The van der Waals surface area contributed by atoms with Crippen LogP contribution in [0, 0.1) is 5.92 Å². The first-order valence-electron chi connectivity index (χ1n) is 7.04. The first kappa shape index (κ1) is 18.2. The maximum absolute atomic E-state index is 11.9. The molecule has 5 heteroatoms. The second kappa shape index (κ2) is 11.1. The summed E-state index contributed by atoms with van der Waals surface area (Å²) in [6, 6.07) is -0.555. The molecular formula is C14H26ClNO3. The van der Waals surface area contributed by atoms with Crippen molar-refractivity contribution in [2.24, 2.45) is 5.92 Å². The molecule has 0 aliphatic rings. The molecule has 0 bridgehead atoms. The fourth-order valence-electron chi connectivity index (χ4n) is 1.53. The summed E-state index contributed by atoms with van der Waals surface area (Å²) in [6.45, 7) is 6.24. The Morgan fingerprint density at radius 2 is 1.89 bits per heavy atom. The van der Waals surface area contributed by atoms with Gasteiger partial charge in [-0.05, 0) is 25.2 Å². The Bertz CT molecular complexity index is 269. The highest BCUT2D eigenvalue weighted by atomic mass is 35.5. The lowest BCUT2D eigenvalue weighted by atomic mass is 10.0. The fourth-order valence-corrected chi connectivity index (χ4v) is 1.72. The Balaban J connectivity index is 4.16. The number of carbonyl (C=O) groups is 2. The standard InChI is InChI=1S/C14H26ClNO3/c1-4-5-10-19-14(18)13(11(2)3)16-12(17)8-6-7-9-15/h11,13H,4-10H2,1-3H3,(H,16,17). The summed E-state index contributed by atoms with van der Waals surface area (Å²) < 4.78 is 5.16. The second-order valence-corrected chi connectivity index (χ2v) is 5.33. The van der Waals surface area contributed by atoms with Crippen LogP contribution in [0.1, 0.15) is 52.9 Å². The fraction of sp³-hybridized carbons (Fsp3) is 0.857. The number of amides is 1. The van der Waals surface area contributed by atoms with E-state index in [1.54, 1.807) is 0 Å². The molecule has 0 aromatic heterocycles. The molecule has 0 radical (unpaired) electrons. The van der Waals surface area contributed by atoms with Crippen molar-refractivity contribution in [1.29, 1.82) is 0 Å². The van der Waals surface area contributed by atoms with Gasteiger partial charge >= 0.3 is 5.97 Å². The monoisotopic (exact) mass is 291 g/mol. The highest BCUT2D eigenvalue weighted by Crippen LogP contribution is 2.06. The van der Waals surface area contributed by atoms with E-state index in [0.717, 1.165) is 25.7 Å². The van der Waals surface area contributed by atoms with E-state index in [1.165, 1.54) is 0 Å². The molecule has 0 saturated carbocycles. The Morgan fingerprint density at radius 3 is 2.42 bits per heavy atom. The highest BCUT2D eigenvalue weighted by Gasteiger charge is 2.25. The van der Waals surface area contributed by atoms with Crippen molar-refractivity contribution < 1.29 is 14.3 Å². The lowest BCUT2D eigenvalue weighted by Crippen LogP contribution is -2.45. The molecule has 0 saturated heterocycles. The van der Waals surface area contributed by atoms with Crippen molar-refractivity contribution in [1.82, 2.24) is 5.32 Å². The minimum atomic E-state index is -0.555. The van der Waals surface area contributed by atoms with E-state index in [9.17, 15) is 9.59 Å². The number of alkyl halides is 1. The highest BCUT2D eigenvalue weighted by molar-refractivity contribution is 6.17. The normalized spacial score (nSPS) is 12.3. The van der Waals surface area contributed by atoms with Gasteiger partial charge in [0.1, 0.15) is 6.04 Å². The average molecular weight is 292 g/mol. The third-order valence-corrected chi connectivity index (χ3v) is 3.03. The summed E-state index contributed by atoms with van der Waals surface area (Å²) in [7, 11) is 0. The van der Waals surface area contributed by atoms with Crippen LogP contribution < -0.4 is 5.32 Å². The van der Waals surface area contributed by atoms with Crippen LogP contribution in [0.2, 0.25) is 0 Å². The summed E-state index contributed by atoms with van der Waals surface area (Å²) in [5, 5.41) is 2.75. The number of halogens is 1. The van der Waals surface area contributed by atoms with Crippen LogP contribution in [0.5, 0.6) is 0 Å². The van der Waals surface area contributed by atoms with Gasteiger partial charge in [0.25, 0.3) is 0 Å². The lowest BCUT2D eigenvalue weighted by Gasteiger charge is -2.20. The SMILES string of the molecule is CCCCOC(=O)C(NC(=O)CCCCCl)C(C)C. The van der Waals surface area contributed by atoms with Crippen LogP contribution in [0.15, 0.2) is 0 Å². The van der Waals surface area contributed by atoms with Crippen molar-refractivity contribution in [3.8, 4) is 0 Å². The molecule has 0 heterocycles. The largest absolute Gasteiger partial charge is 0.464 e. The number of esters is 1. The third-order valence-electron chi connectivity index (χ3n) is 2.77. The predicted molar refractivity (Wildman–Crippen MR) is 77.2 cm³/mol. The third kappa shape index (κ3) is 8.87. The van der Waals surface area contributed by atoms with Gasteiger partial charge in [0.2, 0.25) is 5.91 Å². The van der Waals surface area contributed by atoms with Gasteiger partial charge in [-0.2, -0.15) is 0 Å². The molecule has 4 nitrogen and oxygen atoms in total. The number of nitrogens with one attached hydrogen (secondary N) is 1. The molecule has 112 valence electrons. The summed E-state index contributed by atoms with van der Waals surface area (Å²) in [5.41, 5.74) is 0. The van der Waals surface area contributed by atoms with Crippen LogP contribution in [-0.4, -0.2) is 30.4 Å². The molecule has 0 aliphatic heterocycles. The number of unbranched alkanes of at least 4 members (excludes halogenated alkanes) is 2. The lowest BCUT2D eigenvalue weighted by molar-refractivity contribution is -0.149. The van der Waals surface area contributed by atoms with Gasteiger partial charge in [-0.1, -0.05) is 27.2 Å². The van der Waals surface area contributed by atoms with Gasteiger partial charge in [0.05, 0.1) is 6.61 Å². The predicted octanol–water partition coefficient (Wildman–Crippen LogP) is 2.88. The Hall–Kier alpha value is -0.770. The molecule has 1 amide bonds. The number of carbonyl (C=O) groups excluding carboxylic acids is 2. The van der Waals surface area contributed by atoms with Gasteiger partial charge in [0.15, 0.2) is 0 Å². The van der Waals surface area contributed by atoms with Gasteiger partial charge < -0.3 is 10.1 Å². The smallest absolute Gasteiger partial charge is 0.328 e. The minimum Gasteiger partial charge on any atom is -0.464 e. The summed E-state index contributed by atoms with van der Waals surface area (Å²) in [6.07, 6.45) is 3.77. The first-order chi connectivity index (χ1) is 9.02. The minimum absolute atomic E-state index is 0.0195. The van der Waals surface area contributed by atoms with E-state index in [0.29, 0.717) is 18.9 Å². The molecule has 0 rings (SSSR count). The zero-order chi connectivity index (χ0) is 14.7. The van der Waals surface area contributed by atoms with E-state index in [4.69, 9.17) is 16.3 Å². The van der Waals surface area contributed by atoms with E-state index >= 15 is 0 Å². The van der Waals surface area contributed by atoms with Crippen molar-refractivity contribution in [2.45, 2.75) is 58.9 Å². The maximum Gasteiger partial charge on any atom is 0.328 e. The zero-order valence-corrected chi connectivity index (χ0v) is 13.0. The average Bonchev–Trinajstić information content (AvgIpc) is 2.36. The molecule has 0 fully saturated rings. The van der Waals surface area contributed by atoms with Crippen LogP contribution in [0.25, 0.3) is 0 Å². The van der Waals surface area contributed by atoms with Gasteiger partial charge in [-0.3, -0.25) is 4.79 Å². The van der Waals surface area contributed by atoms with Gasteiger partial charge in [-0.15, -0.1) is 11.6 Å². The maximum atomic E-state index is 11.9. The van der Waals surface area contributed by atoms with Crippen LogP contribution >= 0.6 is 11.6 Å². The number of hydrogen-bond donors (Lipinski definition) is 1. The molecule has 1 atom stereocenters. The molecule has 1 N–H and O–H groups in total. The van der Waals surface area contributed by atoms with Crippen molar-refractivity contribution in [2.75, 3.05) is 12.5 Å². The number of ether oxygens (including phenoxy) is 1. The Morgan fingerprint density at radius 1 is 1.21 bits per heavy atom. The van der Waals surface area contributed by atoms with Crippen molar-refractivity contribution in [3.05, 3.63) is 0 Å². The molecular weight excluding hydrogens is 266 g/mol. The van der Waals surface area contributed by atoms with Crippen LogP contribution in [-0.2, 0) is 14.3 Å². The number of rotatable bonds is 10. The van der Waals surface area contributed by atoms with E-state index in [-0.39, 0.29) is 17.8 Å². The molecule has 0 spiro atoms.